The molecule has 1 atom stereocenters. The minimum absolute atomic E-state index is 0.132. The summed E-state index contributed by atoms with van der Waals surface area (Å²) in [6.45, 7) is 7.51. The van der Waals surface area contributed by atoms with Crippen molar-refractivity contribution in [2.75, 3.05) is 7.11 Å². The summed E-state index contributed by atoms with van der Waals surface area (Å²) in [5.74, 6) is 0.930. The van der Waals surface area contributed by atoms with E-state index in [-0.39, 0.29) is 11.5 Å². The minimum atomic E-state index is 0.132. The molecule has 0 saturated heterocycles. The van der Waals surface area contributed by atoms with Gasteiger partial charge in [0.1, 0.15) is 5.75 Å². The van der Waals surface area contributed by atoms with Crippen molar-refractivity contribution in [3.63, 3.8) is 0 Å². The lowest BCUT2D eigenvalue weighted by Crippen LogP contribution is -2.40. The largest absolute Gasteiger partial charge is 0.496 e. The van der Waals surface area contributed by atoms with Crippen LogP contribution in [0, 0.1) is 5.41 Å². The third-order valence-corrected chi connectivity index (χ3v) is 3.49. The fourth-order valence-corrected chi connectivity index (χ4v) is 2.47. The van der Waals surface area contributed by atoms with Crippen LogP contribution >= 0.6 is 0 Å². The first-order chi connectivity index (χ1) is 9.52. The van der Waals surface area contributed by atoms with Crippen LogP contribution in [0.1, 0.15) is 26.3 Å². The Kier molecular flexibility index (Phi) is 4.49. The highest BCUT2D eigenvalue weighted by atomic mass is 16.5. The molecule has 0 bridgehead atoms. The predicted molar refractivity (Wildman–Crippen MR) is 83.8 cm³/mol. The van der Waals surface area contributed by atoms with E-state index in [0.717, 1.165) is 12.3 Å². The number of allylic oxidation sites excluding steroid dienone is 1. The third-order valence-electron chi connectivity index (χ3n) is 3.49. The molecule has 0 amide bonds. The molecule has 1 aromatic rings. The van der Waals surface area contributed by atoms with E-state index in [1.54, 1.807) is 7.11 Å². The topological polar surface area (TPSA) is 21.3 Å². The van der Waals surface area contributed by atoms with Crippen molar-refractivity contribution in [2.24, 2.45) is 5.41 Å². The van der Waals surface area contributed by atoms with Crippen molar-refractivity contribution >= 4 is 0 Å². The fraction of sp³-hybridized carbons (Fsp3) is 0.389. The maximum absolute atomic E-state index is 5.41. The first-order valence-corrected chi connectivity index (χ1v) is 7.01. The second-order valence-corrected chi connectivity index (χ2v) is 6.12. The van der Waals surface area contributed by atoms with Gasteiger partial charge < -0.3 is 10.1 Å². The molecule has 0 fully saturated rings. The summed E-state index contributed by atoms with van der Waals surface area (Å²) in [5.41, 5.74) is 5.84. The van der Waals surface area contributed by atoms with Gasteiger partial charge in [0.15, 0.2) is 0 Å². The van der Waals surface area contributed by atoms with Gasteiger partial charge in [-0.2, -0.15) is 0 Å². The zero-order valence-electron chi connectivity index (χ0n) is 12.7. The molecule has 0 aliphatic heterocycles. The number of nitrogens with one attached hydrogen (secondary N) is 1. The quantitative estimate of drug-likeness (QED) is 0.820. The van der Waals surface area contributed by atoms with E-state index < -0.39 is 0 Å². The standard InChI is InChI=1S/C18H23NO/c1-18(2,3)17(14-9-5-6-10-14)19-13-15-11-7-8-12-16(15)20-4/h5-9,11-12,17,19H,13H2,1-4H3. The van der Waals surface area contributed by atoms with E-state index >= 15 is 0 Å². The second kappa shape index (κ2) is 6.13. The summed E-state index contributed by atoms with van der Waals surface area (Å²) in [4.78, 5) is 0. The highest BCUT2D eigenvalue weighted by molar-refractivity contribution is 5.36. The van der Waals surface area contributed by atoms with Gasteiger partial charge in [0.2, 0.25) is 0 Å². The molecular formula is C18H23NO. The molecule has 2 rings (SSSR count). The Balaban J connectivity index is 2.14. The van der Waals surface area contributed by atoms with E-state index in [4.69, 9.17) is 4.74 Å². The van der Waals surface area contributed by atoms with Crippen molar-refractivity contribution in [1.29, 1.82) is 0 Å². The van der Waals surface area contributed by atoms with Crippen LogP contribution in [0.4, 0.5) is 0 Å². The Labute approximate surface area is 121 Å². The minimum Gasteiger partial charge on any atom is -0.496 e. The summed E-state index contributed by atoms with van der Waals surface area (Å²) in [6.07, 6.45) is 6.14. The molecule has 1 aliphatic carbocycles. The average molecular weight is 269 g/mol. The van der Waals surface area contributed by atoms with E-state index in [1.165, 1.54) is 11.1 Å². The number of hydrogen-bond acceptors (Lipinski definition) is 2. The summed E-state index contributed by atoms with van der Waals surface area (Å²) < 4.78 is 5.41. The highest BCUT2D eigenvalue weighted by Gasteiger charge is 2.27. The first kappa shape index (κ1) is 14.6. The molecule has 2 heteroatoms. The summed E-state index contributed by atoms with van der Waals surface area (Å²) in [6, 6.07) is 8.40. The van der Waals surface area contributed by atoms with Crippen LogP contribution < -0.4 is 10.1 Å². The lowest BCUT2D eigenvalue weighted by molar-refractivity contribution is 0.302. The molecule has 0 saturated carbocycles. The van der Waals surface area contributed by atoms with Gasteiger partial charge >= 0.3 is 0 Å². The number of ether oxygens (including phenoxy) is 1. The number of hydrogen-bond donors (Lipinski definition) is 1. The molecule has 106 valence electrons. The first-order valence-electron chi connectivity index (χ1n) is 7.01. The van der Waals surface area contributed by atoms with Crippen LogP contribution in [0.15, 0.2) is 53.8 Å². The van der Waals surface area contributed by atoms with Crippen molar-refractivity contribution in [3.05, 3.63) is 59.4 Å². The van der Waals surface area contributed by atoms with Crippen LogP contribution in [0.2, 0.25) is 0 Å². The highest BCUT2D eigenvalue weighted by Crippen LogP contribution is 2.27. The van der Waals surface area contributed by atoms with Gasteiger partial charge in [-0.3, -0.25) is 0 Å². The number of rotatable bonds is 5. The van der Waals surface area contributed by atoms with Gasteiger partial charge in [0.05, 0.1) is 7.11 Å². The number of methoxy groups -OCH3 is 1. The molecule has 2 nitrogen and oxygen atoms in total. The Morgan fingerprint density at radius 1 is 1.25 bits per heavy atom. The van der Waals surface area contributed by atoms with Crippen molar-refractivity contribution in [3.8, 4) is 5.75 Å². The summed E-state index contributed by atoms with van der Waals surface area (Å²) in [5, 5.41) is 3.64. The molecule has 1 aromatic carbocycles. The molecular weight excluding hydrogens is 246 g/mol. The maximum Gasteiger partial charge on any atom is 0.123 e. The van der Waals surface area contributed by atoms with E-state index in [0.29, 0.717) is 0 Å². The number of benzene rings is 1. The molecule has 0 radical (unpaired) electrons. The molecule has 1 unspecified atom stereocenters. The van der Waals surface area contributed by atoms with Gasteiger partial charge in [0.25, 0.3) is 0 Å². The molecule has 20 heavy (non-hydrogen) atoms. The number of para-hydroxylation sites is 1. The SMILES string of the molecule is COc1ccccc1CNC(C1=C=CC=C1)C(C)(C)C. The van der Waals surface area contributed by atoms with Crippen LogP contribution in [-0.2, 0) is 6.54 Å². The van der Waals surface area contributed by atoms with Crippen LogP contribution in [0.25, 0.3) is 0 Å². The smallest absolute Gasteiger partial charge is 0.123 e. The molecule has 1 aliphatic rings. The van der Waals surface area contributed by atoms with Crippen molar-refractivity contribution in [1.82, 2.24) is 5.32 Å². The lowest BCUT2D eigenvalue weighted by atomic mass is 9.82. The third kappa shape index (κ3) is 3.41. The van der Waals surface area contributed by atoms with Gasteiger partial charge in [-0.05, 0) is 23.6 Å². The Morgan fingerprint density at radius 2 is 2.00 bits per heavy atom. The normalized spacial score (nSPS) is 15.3. The Morgan fingerprint density at radius 3 is 2.60 bits per heavy atom. The second-order valence-electron chi connectivity index (χ2n) is 6.12. The fourth-order valence-electron chi connectivity index (χ4n) is 2.47. The Bertz CT molecular complexity index is 557. The zero-order chi connectivity index (χ0) is 14.6. The summed E-state index contributed by atoms with van der Waals surface area (Å²) in [7, 11) is 1.71. The van der Waals surface area contributed by atoms with Crippen LogP contribution in [0.5, 0.6) is 5.75 Å². The van der Waals surface area contributed by atoms with Crippen molar-refractivity contribution in [2.45, 2.75) is 33.4 Å². The van der Waals surface area contributed by atoms with Crippen LogP contribution in [0.3, 0.4) is 0 Å². The zero-order valence-corrected chi connectivity index (χ0v) is 12.7. The predicted octanol–water partition coefficient (Wildman–Crippen LogP) is 3.85. The maximum atomic E-state index is 5.41. The van der Waals surface area contributed by atoms with Gasteiger partial charge in [0, 0.05) is 23.7 Å². The molecule has 0 aromatic heterocycles. The van der Waals surface area contributed by atoms with E-state index in [9.17, 15) is 0 Å². The van der Waals surface area contributed by atoms with E-state index in [1.807, 2.05) is 30.4 Å². The van der Waals surface area contributed by atoms with Crippen molar-refractivity contribution < 1.29 is 4.74 Å². The molecule has 0 heterocycles. The van der Waals surface area contributed by atoms with Gasteiger partial charge in [-0.1, -0.05) is 45.0 Å². The van der Waals surface area contributed by atoms with E-state index in [2.05, 4.69) is 44.0 Å². The molecule has 1 N–H and O–H groups in total. The van der Waals surface area contributed by atoms with Gasteiger partial charge in [-0.15, -0.1) is 5.73 Å². The lowest BCUT2D eigenvalue weighted by Gasteiger charge is -2.32. The summed E-state index contributed by atoms with van der Waals surface area (Å²) >= 11 is 0. The van der Waals surface area contributed by atoms with Crippen LogP contribution in [-0.4, -0.2) is 13.2 Å². The Hall–Kier alpha value is -1.76. The molecule has 0 spiro atoms. The monoisotopic (exact) mass is 269 g/mol. The van der Waals surface area contributed by atoms with Gasteiger partial charge in [-0.25, -0.2) is 0 Å². The average Bonchev–Trinajstić information content (AvgIpc) is 2.91.